The largest absolute Gasteiger partial charge is 0.381 e. The highest BCUT2D eigenvalue weighted by molar-refractivity contribution is 5.80. The van der Waals surface area contributed by atoms with Crippen molar-refractivity contribution < 1.29 is 19.1 Å². The highest BCUT2D eigenvalue weighted by Gasteiger charge is 2.40. The van der Waals surface area contributed by atoms with Crippen LogP contribution in [0, 0.1) is 11.8 Å². The molecule has 0 radical (unpaired) electrons. The highest BCUT2D eigenvalue weighted by atomic mass is 16.5. The summed E-state index contributed by atoms with van der Waals surface area (Å²) >= 11 is 0. The van der Waals surface area contributed by atoms with Gasteiger partial charge in [0, 0.05) is 27.3 Å². The molecule has 180 valence electrons. The molecule has 0 spiro atoms. The molecular weight excluding hydrogens is 404 g/mol. The Hall–Kier alpha value is -1.92. The maximum atomic E-state index is 13.1. The van der Waals surface area contributed by atoms with Crippen LogP contribution in [0.3, 0.4) is 0 Å². The van der Waals surface area contributed by atoms with Gasteiger partial charge >= 0.3 is 0 Å². The zero-order chi connectivity index (χ0) is 23.5. The number of hydrogen-bond acceptors (Lipinski definition) is 4. The van der Waals surface area contributed by atoms with Gasteiger partial charge in [0.1, 0.15) is 0 Å². The first-order chi connectivity index (χ1) is 15.4. The van der Waals surface area contributed by atoms with Crippen LogP contribution in [-0.2, 0) is 25.5 Å². The molecule has 0 saturated carbocycles. The van der Waals surface area contributed by atoms with Crippen molar-refractivity contribution in [2.45, 2.75) is 77.5 Å². The Morgan fingerprint density at radius 2 is 1.88 bits per heavy atom. The van der Waals surface area contributed by atoms with Crippen molar-refractivity contribution >= 4 is 11.8 Å². The van der Waals surface area contributed by atoms with Crippen LogP contribution in [-0.4, -0.2) is 62.3 Å². The molecule has 2 amide bonds. The summed E-state index contributed by atoms with van der Waals surface area (Å²) in [4.78, 5) is 27.9. The van der Waals surface area contributed by atoms with E-state index in [4.69, 9.17) is 9.47 Å². The van der Waals surface area contributed by atoms with Crippen LogP contribution in [0.1, 0.15) is 58.4 Å². The van der Waals surface area contributed by atoms with Gasteiger partial charge in [0.25, 0.3) is 0 Å². The van der Waals surface area contributed by atoms with E-state index < -0.39 is 0 Å². The van der Waals surface area contributed by atoms with Crippen LogP contribution in [0.4, 0.5) is 0 Å². The number of nitrogens with zero attached hydrogens (tertiary/aromatic N) is 1. The van der Waals surface area contributed by atoms with Crippen molar-refractivity contribution in [3.8, 4) is 0 Å². The molecule has 0 aliphatic carbocycles. The van der Waals surface area contributed by atoms with Gasteiger partial charge in [0.05, 0.1) is 30.6 Å². The van der Waals surface area contributed by atoms with Gasteiger partial charge in [0.15, 0.2) is 0 Å². The van der Waals surface area contributed by atoms with Gasteiger partial charge in [-0.3, -0.25) is 9.59 Å². The molecule has 2 rings (SSSR count). The fraction of sp³-hybridized carbons (Fsp3) is 0.692. The lowest BCUT2D eigenvalue weighted by Gasteiger charge is -2.34. The van der Waals surface area contributed by atoms with Crippen molar-refractivity contribution in [3.63, 3.8) is 0 Å². The van der Waals surface area contributed by atoms with E-state index in [1.165, 1.54) is 5.56 Å². The van der Waals surface area contributed by atoms with Crippen LogP contribution < -0.4 is 5.32 Å². The van der Waals surface area contributed by atoms with E-state index >= 15 is 0 Å². The van der Waals surface area contributed by atoms with E-state index in [9.17, 15) is 9.59 Å². The minimum Gasteiger partial charge on any atom is -0.381 e. The van der Waals surface area contributed by atoms with Crippen LogP contribution in [0.25, 0.3) is 0 Å². The minimum atomic E-state index is -0.340. The van der Waals surface area contributed by atoms with Gasteiger partial charge in [-0.1, -0.05) is 57.5 Å². The molecular formula is C26H42N2O4. The number of methoxy groups -OCH3 is 2. The van der Waals surface area contributed by atoms with Crippen molar-refractivity contribution in [1.29, 1.82) is 0 Å². The smallest absolute Gasteiger partial charge is 0.225 e. The molecule has 1 fully saturated rings. The summed E-state index contributed by atoms with van der Waals surface area (Å²) < 4.78 is 11.4. The third-order valence-electron chi connectivity index (χ3n) is 6.83. The minimum absolute atomic E-state index is 0.0291. The Morgan fingerprint density at radius 1 is 1.16 bits per heavy atom. The summed E-state index contributed by atoms with van der Waals surface area (Å²) in [7, 11) is 3.32. The summed E-state index contributed by atoms with van der Waals surface area (Å²) in [5, 5.41) is 3.04. The van der Waals surface area contributed by atoms with Gasteiger partial charge in [-0.25, -0.2) is 0 Å². The Morgan fingerprint density at radius 3 is 2.50 bits per heavy atom. The van der Waals surface area contributed by atoms with Crippen molar-refractivity contribution in [3.05, 3.63) is 35.9 Å². The quantitative estimate of drug-likeness (QED) is 0.500. The number of nitrogens with one attached hydrogen (secondary N) is 1. The van der Waals surface area contributed by atoms with E-state index in [1.807, 2.05) is 30.0 Å². The third kappa shape index (κ3) is 7.59. The van der Waals surface area contributed by atoms with E-state index in [-0.39, 0.29) is 36.0 Å². The van der Waals surface area contributed by atoms with Crippen molar-refractivity contribution in [2.24, 2.45) is 11.8 Å². The number of benzene rings is 1. The number of ether oxygens (including phenoxy) is 2. The normalized spacial score (nSPS) is 19.9. The molecule has 1 aliphatic rings. The monoisotopic (exact) mass is 446 g/mol. The second-order valence-electron chi connectivity index (χ2n) is 9.12. The number of likely N-dealkylation sites (tertiary alicyclic amines) is 1. The Kier molecular flexibility index (Phi) is 11.2. The van der Waals surface area contributed by atoms with Crippen molar-refractivity contribution in [2.75, 3.05) is 27.3 Å². The number of hydrogen-bond donors (Lipinski definition) is 1. The predicted molar refractivity (Wildman–Crippen MR) is 127 cm³/mol. The SMILES string of the molecule is CC[C@H](C)C[C@@H](CC(=O)N1CCC[C@H]1[C@H](OC)[C@@H](C)C(=O)NCCc1ccccc1)OC. The molecule has 0 unspecified atom stereocenters. The lowest BCUT2D eigenvalue weighted by Crippen LogP contribution is -2.50. The first-order valence-electron chi connectivity index (χ1n) is 12.1. The lowest BCUT2D eigenvalue weighted by molar-refractivity contribution is -0.141. The Bertz CT molecular complexity index is 696. The predicted octanol–water partition coefficient (Wildman–Crippen LogP) is 3.83. The van der Waals surface area contributed by atoms with E-state index in [0.29, 0.717) is 25.4 Å². The first-order valence-corrected chi connectivity index (χ1v) is 12.1. The molecule has 1 aliphatic heterocycles. The van der Waals surface area contributed by atoms with Gasteiger partial charge in [-0.15, -0.1) is 0 Å². The molecule has 1 aromatic rings. The summed E-state index contributed by atoms with van der Waals surface area (Å²) in [6.45, 7) is 7.54. The van der Waals surface area contributed by atoms with Crippen molar-refractivity contribution in [1.82, 2.24) is 10.2 Å². The first kappa shape index (κ1) is 26.3. The zero-order valence-corrected chi connectivity index (χ0v) is 20.5. The molecule has 1 saturated heterocycles. The summed E-state index contributed by atoms with van der Waals surface area (Å²) in [6, 6.07) is 10.0. The number of carbonyl (C=O) groups excluding carboxylic acids is 2. The standard InChI is InChI=1S/C26H42N2O4/c1-6-19(2)17-22(31-4)18-24(29)28-16-10-13-23(28)25(32-5)20(3)26(30)27-15-14-21-11-8-7-9-12-21/h7-9,11-12,19-20,22-23,25H,6,10,13-18H2,1-5H3,(H,27,30)/t19-,20+,22-,23-,25+/m0/s1. The fourth-order valence-corrected chi connectivity index (χ4v) is 4.61. The molecule has 6 heteroatoms. The number of rotatable bonds is 13. The molecule has 0 bridgehead atoms. The second-order valence-corrected chi connectivity index (χ2v) is 9.12. The lowest BCUT2D eigenvalue weighted by atomic mass is 9.94. The van der Waals surface area contributed by atoms with E-state index in [0.717, 1.165) is 32.1 Å². The topological polar surface area (TPSA) is 67.9 Å². The molecule has 5 atom stereocenters. The van der Waals surface area contributed by atoms with E-state index in [1.54, 1.807) is 14.2 Å². The Labute approximate surface area is 194 Å². The average molecular weight is 447 g/mol. The molecule has 0 aromatic heterocycles. The molecule has 1 heterocycles. The fourth-order valence-electron chi connectivity index (χ4n) is 4.61. The maximum Gasteiger partial charge on any atom is 0.225 e. The maximum absolute atomic E-state index is 13.1. The van der Waals surface area contributed by atoms with Crippen LogP contribution in [0.5, 0.6) is 0 Å². The third-order valence-corrected chi connectivity index (χ3v) is 6.83. The summed E-state index contributed by atoms with van der Waals surface area (Å²) in [6.07, 6.45) is 4.52. The average Bonchev–Trinajstić information content (AvgIpc) is 3.29. The Balaban J connectivity index is 1.93. The van der Waals surface area contributed by atoms with Crippen LogP contribution in [0.15, 0.2) is 30.3 Å². The summed E-state index contributed by atoms with van der Waals surface area (Å²) in [5.41, 5.74) is 1.20. The second kappa shape index (κ2) is 13.6. The number of carbonyl (C=O) groups is 2. The van der Waals surface area contributed by atoms with Crippen LogP contribution in [0.2, 0.25) is 0 Å². The summed E-state index contributed by atoms with van der Waals surface area (Å²) in [5.74, 6) is 0.251. The van der Waals surface area contributed by atoms with Gasteiger partial charge < -0.3 is 19.7 Å². The van der Waals surface area contributed by atoms with Gasteiger partial charge in [-0.05, 0) is 37.2 Å². The van der Waals surface area contributed by atoms with Crippen LogP contribution >= 0.6 is 0 Å². The van der Waals surface area contributed by atoms with Gasteiger partial charge in [-0.2, -0.15) is 0 Å². The number of amides is 2. The highest BCUT2D eigenvalue weighted by Crippen LogP contribution is 2.28. The van der Waals surface area contributed by atoms with E-state index in [2.05, 4.69) is 31.3 Å². The zero-order valence-electron chi connectivity index (χ0n) is 20.5. The molecule has 1 aromatic carbocycles. The molecule has 32 heavy (non-hydrogen) atoms. The molecule has 6 nitrogen and oxygen atoms in total. The van der Waals surface area contributed by atoms with Gasteiger partial charge in [0.2, 0.25) is 11.8 Å². The molecule has 1 N–H and O–H groups in total.